The monoisotopic (exact) mass is 312 g/mol. The normalized spacial score (nSPS) is 18.9. The molecule has 0 N–H and O–H groups in total. The Bertz CT molecular complexity index is 425. The molecule has 1 atom stereocenters. The first-order chi connectivity index (χ1) is 8.70. The molecule has 1 heterocycles. The Kier molecular flexibility index (Phi) is 4.78. The van der Waals surface area contributed by atoms with Crippen LogP contribution >= 0.6 is 15.9 Å². The number of aldehydes is 1. The Labute approximate surface area is 116 Å². The highest BCUT2D eigenvalue weighted by Gasteiger charge is 2.16. The Morgan fingerprint density at radius 3 is 3.06 bits per heavy atom. The fraction of sp³-hybridized carbons (Fsp3) is 0.500. The summed E-state index contributed by atoms with van der Waals surface area (Å²) in [4.78, 5) is 11.0. The van der Waals surface area contributed by atoms with E-state index in [0.29, 0.717) is 24.0 Å². The number of rotatable bonds is 5. The van der Waals surface area contributed by atoms with Gasteiger partial charge in [-0.1, -0.05) is 15.9 Å². The molecule has 0 radical (unpaired) electrons. The van der Waals surface area contributed by atoms with Crippen molar-refractivity contribution >= 4 is 22.2 Å². The summed E-state index contributed by atoms with van der Waals surface area (Å²) in [6.07, 6.45) is 4.29. The molecule has 1 aliphatic rings. The number of hydrogen-bond donors (Lipinski definition) is 0. The van der Waals surface area contributed by atoms with Crippen LogP contribution < -0.4 is 4.74 Å². The molecule has 98 valence electrons. The third kappa shape index (κ3) is 3.33. The molecule has 0 aromatic heterocycles. The molecule has 1 aliphatic heterocycles. The number of halogens is 1. The molecule has 2 rings (SSSR count). The van der Waals surface area contributed by atoms with Crippen molar-refractivity contribution in [3.05, 3.63) is 27.7 Å². The van der Waals surface area contributed by atoms with Crippen LogP contribution in [0.4, 0.5) is 0 Å². The zero-order chi connectivity index (χ0) is 13.0. The Morgan fingerprint density at radius 1 is 1.56 bits per heavy atom. The van der Waals surface area contributed by atoms with Gasteiger partial charge >= 0.3 is 0 Å². The minimum absolute atomic E-state index is 0.320. The fourth-order valence-electron chi connectivity index (χ4n) is 2.20. The van der Waals surface area contributed by atoms with Crippen LogP contribution in [0.15, 0.2) is 16.6 Å². The van der Waals surface area contributed by atoms with E-state index in [9.17, 15) is 4.79 Å². The van der Waals surface area contributed by atoms with Crippen molar-refractivity contribution in [1.82, 2.24) is 0 Å². The van der Waals surface area contributed by atoms with E-state index in [1.54, 1.807) is 6.07 Å². The lowest BCUT2D eigenvalue weighted by Gasteiger charge is -2.14. The summed E-state index contributed by atoms with van der Waals surface area (Å²) >= 11 is 3.38. The van der Waals surface area contributed by atoms with Crippen molar-refractivity contribution in [1.29, 1.82) is 0 Å². The molecule has 18 heavy (non-hydrogen) atoms. The quantitative estimate of drug-likeness (QED) is 0.780. The smallest absolute Gasteiger partial charge is 0.153 e. The minimum atomic E-state index is 0.320. The van der Waals surface area contributed by atoms with Crippen molar-refractivity contribution in [2.75, 3.05) is 13.2 Å². The van der Waals surface area contributed by atoms with Crippen LogP contribution in [0.3, 0.4) is 0 Å². The van der Waals surface area contributed by atoms with Gasteiger partial charge in [0.05, 0.1) is 18.3 Å². The first-order valence-electron chi connectivity index (χ1n) is 6.20. The van der Waals surface area contributed by atoms with Crippen molar-refractivity contribution < 1.29 is 14.3 Å². The van der Waals surface area contributed by atoms with Crippen molar-refractivity contribution in [2.24, 2.45) is 0 Å². The Hall–Kier alpha value is -0.870. The van der Waals surface area contributed by atoms with Gasteiger partial charge < -0.3 is 9.47 Å². The highest BCUT2D eigenvalue weighted by atomic mass is 79.9. The Morgan fingerprint density at radius 2 is 2.39 bits per heavy atom. The average Bonchev–Trinajstić information content (AvgIpc) is 2.84. The molecule has 1 aromatic carbocycles. The number of ether oxygens (including phenoxy) is 2. The van der Waals surface area contributed by atoms with Crippen LogP contribution in [-0.2, 0) is 4.74 Å². The molecular weight excluding hydrogens is 296 g/mol. The van der Waals surface area contributed by atoms with Crippen LogP contribution in [0, 0.1) is 6.92 Å². The predicted molar refractivity (Wildman–Crippen MR) is 73.4 cm³/mol. The van der Waals surface area contributed by atoms with Gasteiger partial charge in [0, 0.05) is 17.5 Å². The molecule has 3 nitrogen and oxygen atoms in total. The number of hydrogen-bond acceptors (Lipinski definition) is 3. The first-order valence-corrected chi connectivity index (χ1v) is 6.99. The molecule has 4 heteroatoms. The van der Waals surface area contributed by atoms with Gasteiger partial charge in [-0.25, -0.2) is 0 Å². The van der Waals surface area contributed by atoms with Crippen molar-refractivity contribution in [3.8, 4) is 5.75 Å². The molecule has 1 aromatic rings. The average molecular weight is 313 g/mol. The lowest BCUT2D eigenvalue weighted by atomic mass is 10.1. The lowest BCUT2D eigenvalue weighted by Crippen LogP contribution is -2.11. The van der Waals surface area contributed by atoms with Gasteiger partial charge in [0.25, 0.3) is 0 Å². The highest BCUT2D eigenvalue weighted by molar-refractivity contribution is 9.10. The SMILES string of the molecule is Cc1cc(Br)cc(C=O)c1OCCC1CCCO1. The number of carbonyl (C=O) groups excluding carboxylic acids is 1. The van der Waals surface area contributed by atoms with Crippen LogP contribution in [0.5, 0.6) is 5.75 Å². The van der Waals surface area contributed by atoms with E-state index in [-0.39, 0.29) is 0 Å². The highest BCUT2D eigenvalue weighted by Crippen LogP contribution is 2.27. The zero-order valence-corrected chi connectivity index (χ0v) is 12.0. The molecular formula is C14H17BrO3. The van der Waals surface area contributed by atoms with E-state index in [2.05, 4.69) is 15.9 Å². The maximum absolute atomic E-state index is 11.0. The predicted octanol–water partition coefficient (Wildman–Crippen LogP) is 3.52. The molecule has 0 spiro atoms. The van der Waals surface area contributed by atoms with Crippen molar-refractivity contribution in [3.63, 3.8) is 0 Å². The maximum atomic E-state index is 11.0. The second kappa shape index (κ2) is 6.34. The van der Waals surface area contributed by atoms with E-state index in [0.717, 1.165) is 42.2 Å². The number of carbonyl (C=O) groups is 1. The lowest BCUT2D eigenvalue weighted by molar-refractivity contribution is 0.0900. The molecule has 1 saturated heterocycles. The van der Waals surface area contributed by atoms with E-state index >= 15 is 0 Å². The number of aryl methyl sites for hydroxylation is 1. The molecule has 0 amide bonds. The van der Waals surface area contributed by atoms with Crippen LogP contribution in [0.25, 0.3) is 0 Å². The topological polar surface area (TPSA) is 35.5 Å². The van der Waals surface area contributed by atoms with Gasteiger partial charge in [-0.15, -0.1) is 0 Å². The second-order valence-corrected chi connectivity index (χ2v) is 5.45. The third-order valence-corrected chi connectivity index (χ3v) is 3.56. The van der Waals surface area contributed by atoms with Crippen molar-refractivity contribution in [2.45, 2.75) is 32.3 Å². The maximum Gasteiger partial charge on any atom is 0.153 e. The van der Waals surface area contributed by atoms with Gasteiger partial charge in [-0.3, -0.25) is 4.79 Å². The molecule has 0 aliphatic carbocycles. The zero-order valence-electron chi connectivity index (χ0n) is 10.4. The van der Waals surface area contributed by atoms with Gasteiger partial charge in [-0.2, -0.15) is 0 Å². The fourth-order valence-corrected chi connectivity index (χ4v) is 2.79. The van der Waals surface area contributed by atoms with Gasteiger partial charge in [-0.05, 0) is 37.5 Å². The first kappa shape index (κ1) is 13.6. The molecule has 0 bridgehead atoms. The molecule has 1 unspecified atom stereocenters. The van der Waals surface area contributed by atoms with E-state index in [1.165, 1.54) is 0 Å². The minimum Gasteiger partial charge on any atom is -0.492 e. The summed E-state index contributed by atoms with van der Waals surface area (Å²) in [6.45, 7) is 3.40. The summed E-state index contributed by atoms with van der Waals surface area (Å²) in [5.74, 6) is 0.686. The second-order valence-electron chi connectivity index (χ2n) is 4.53. The van der Waals surface area contributed by atoms with E-state index < -0.39 is 0 Å². The number of benzene rings is 1. The van der Waals surface area contributed by atoms with Crippen LogP contribution in [-0.4, -0.2) is 25.6 Å². The summed E-state index contributed by atoms with van der Waals surface area (Å²) in [5, 5.41) is 0. The van der Waals surface area contributed by atoms with E-state index in [4.69, 9.17) is 9.47 Å². The van der Waals surface area contributed by atoms with Gasteiger partial charge in [0.2, 0.25) is 0 Å². The molecule has 0 saturated carbocycles. The van der Waals surface area contributed by atoms with Gasteiger partial charge in [0.1, 0.15) is 5.75 Å². The third-order valence-electron chi connectivity index (χ3n) is 3.11. The summed E-state index contributed by atoms with van der Waals surface area (Å²) < 4.78 is 12.2. The largest absolute Gasteiger partial charge is 0.492 e. The Balaban J connectivity index is 1.97. The van der Waals surface area contributed by atoms with E-state index in [1.807, 2.05) is 13.0 Å². The summed E-state index contributed by atoms with van der Waals surface area (Å²) in [6, 6.07) is 3.73. The summed E-state index contributed by atoms with van der Waals surface area (Å²) in [7, 11) is 0. The van der Waals surface area contributed by atoms with Gasteiger partial charge in [0.15, 0.2) is 6.29 Å². The summed E-state index contributed by atoms with van der Waals surface area (Å²) in [5.41, 5.74) is 1.56. The van der Waals surface area contributed by atoms with Crippen LogP contribution in [0.1, 0.15) is 35.2 Å². The van der Waals surface area contributed by atoms with Crippen LogP contribution in [0.2, 0.25) is 0 Å². The molecule has 1 fully saturated rings. The standard InChI is InChI=1S/C14H17BrO3/c1-10-7-12(15)8-11(9-16)14(10)18-6-4-13-3-2-5-17-13/h7-9,13H,2-6H2,1H3.